The summed E-state index contributed by atoms with van der Waals surface area (Å²) < 4.78 is 0. The Bertz CT molecular complexity index is 3.61. The van der Waals surface area contributed by atoms with E-state index in [9.17, 15) is 0 Å². The standard InChI is InChI=1S/Hf.4HI/h;4*1H/q+4;;;;/p-4. The first kappa shape index (κ1) is 37.1. The van der Waals surface area contributed by atoms with Gasteiger partial charge in [0.15, 0.2) is 0 Å². The Morgan fingerprint density at radius 2 is 0.400 bits per heavy atom. The third kappa shape index (κ3) is 18.2. The molecule has 0 nitrogen and oxygen atoms in total. The largest absolute Gasteiger partial charge is 4.00 e. The van der Waals surface area contributed by atoms with Gasteiger partial charge >= 0.3 is 25.8 Å². The molecule has 5 heavy (non-hydrogen) atoms. The van der Waals surface area contributed by atoms with Gasteiger partial charge in [0.1, 0.15) is 0 Å². The van der Waals surface area contributed by atoms with E-state index in [1.54, 1.807) is 0 Å². The number of hydrogen-bond donors (Lipinski definition) is 0. The Morgan fingerprint density at radius 3 is 0.400 bits per heavy atom. The van der Waals surface area contributed by atoms with Crippen molar-refractivity contribution in [2.24, 2.45) is 0 Å². The van der Waals surface area contributed by atoms with Gasteiger partial charge in [-0.15, -0.1) is 0 Å². The molecule has 0 unspecified atom stereocenters. The van der Waals surface area contributed by atoms with Gasteiger partial charge < -0.3 is 95.9 Å². The zero-order valence-corrected chi connectivity index (χ0v) is 14.2. The SMILES string of the molecule is [Hf+4].[I-].[I-].[I-].[I-]. The van der Waals surface area contributed by atoms with Crippen LogP contribution in [0, 0.1) is 0 Å². The van der Waals surface area contributed by atoms with E-state index in [-0.39, 0.29) is 122 Å². The van der Waals surface area contributed by atoms with Crippen LogP contribution < -0.4 is 95.9 Å². The van der Waals surface area contributed by atoms with Crippen LogP contribution in [-0.2, 0) is 25.8 Å². The van der Waals surface area contributed by atoms with E-state index in [0.29, 0.717) is 0 Å². The first-order valence-electron chi connectivity index (χ1n) is 0. The zero-order valence-electron chi connectivity index (χ0n) is 2.01. The fourth-order valence-electron chi connectivity index (χ4n) is 0. The number of rotatable bonds is 0. The Kier molecular flexibility index (Phi) is 186. The summed E-state index contributed by atoms with van der Waals surface area (Å²) in [6.45, 7) is 0. The van der Waals surface area contributed by atoms with E-state index >= 15 is 0 Å². The van der Waals surface area contributed by atoms with Crippen LogP contribution in [0.4, 0.5) is 0 Å². The summed E-state index contributed by atoms with van der Waals surface area (Å²) in [5, 5.41) is 0. The van der Waals surface area contributed by atoms with Crippen LogP contribution in [-0.4, -0.2) is 0 Å². The summed E-state index contributed by atoms with van der Waals surface area (Å²) in [6.07, 6.45) is 0. The average molecular weight is 686 g/mol. The third-order valence-electron chi connectivity index (χ3n) is 0. The summed E-state index contributed by atoms with van der Waals surface area (Å²) >= 11 is 0. The van der Waals surface area contributed by atoms with Crippen molar-refractivity contribution in [2.45, 2.75) is 0 Å². The molecule has 0 aliphatic carbocycles. The molecule has 32 valence electrons. The molecule has 0 N–H and O–H groups in total. The smallest absolute Gasteiger partial charge is 1.00 e. The van der Waals surface area contributed by atoms with Gasteiger partial charge in [0.2, 0.25) is 0 Å². The van der Waals surface area contributed by atoms with Crippen LogP contribution in [0.2, 0.25) is 0 Å². The first-order chi connectivity index (χ1) is 0. The minimum atomic E-state index is 0. The normalized spacial score (nSPS) is 0. The van der Waals surface area contributed by atoms with Crippen LogP contribution in [0.3, 0.4) is 0 Å². The van der Waals surface area contributed by atoms with Crippen molar-refractivity contribution >= 4 is 0 Å². The van der Waals surface area contributed by atoms with Crippen molar-refractivity contribution in [1.82, 2.24) is 0 Å². The van der Waals surface area contributed by atoms with Gasteiger partial charge in [-0.2, -0.15) is 0 Å². The second kappa shape index (κ2) is 25.0. The predicted octanol–water partition coefficient (Wildman–Crippen LogP) is -12.0. The predicted molar refractivity (Wildman–Crippen MR) is 0 cm³/mol. The summed E-state index contributed by atoms with van der Waals surface area (Å²) in [5.74, 6) is 0. The van der Waals surface area contributed by atoms with Gasteiger partial charge in [-0.1, -0.05) is 0 Å². The molecule has 0 aliphatic heterocycles. The van der Waals surface area contributed by atoms with Gasteiger partial charge in [0.05, 0.1) is 0 Å². The fourth-order valence-corrected chi connectivity index (χ4v) is 0. The summed E-state index contributed by atoms with van der Waals surface area (Å²) in [6, 6.07) is 0. The molecule has 0 saturated heterocycles. The maximum Gasteiger partial charge on any atom is 4.00 e. The van der Waals surface area contributed by atoms with Crippen molar-refractivity contribution in [3.05, 3.63) is 0 Å². The molecule has 0 bridgehead atoms. The van der Waals surface area contributed by atoms with Crippen molar-refractivity contribution in [1.29, 1.82) is 0 Å². The molecule has 0 aromatic rings. The van der Waals surface area contributed by atoms with E-state index < -0.39 is 0 Å². The van der Waals surface area contributed by atoms with Gasteiger partial charge in [-0.05, 0) is 0 Å². The van der Waals surface area contributed by atoms with Crippen LogP contribution in [0.5, 0.6) is 0 Å². The molecule has 5 heteroatoms. The minimum absolute atomic E-state index is 0. The summed E-state index contributed by atoms with van der Waals surface area (Å²) in [5.41, 5.74) is 0. The molecule has 0 saturated carbocycles. The molecule has 0 rings (SSSR count). The fraction of sp³-hybridized carbons (Fsp3) is 0. The van der Waals surface area contributed by atoms with E-state index in [1.165, 1.54) is 0 Å². The maximum absolute atomic E-state index is 0. The first-order valence-corrected chi connectivity index (χ1v) is 0. The van der Waals surface area contributed by atoms with Crippen LogP contribution in [0.15, 0.2) is 0 Å². The molecule has 0 aromatic heterocycles. The molecule has 0 aromatic carbocycles. The number of halogens is 4. The second-order valence-electron chi connectivity index (χ2n) is 0. The molecule has 0 heterocycles. The molecule has 0 spiro atoms. The molecule has 0 aliphatic rings. The van der Waals surface area contributed by atoms with E-state index in [2.05, 4.69) is 0 Å². The van der Waals surface area contributed by atoms with Gasteiger partial charge in [0, 0.05) is 0 Å². The molecule has 0 atom stereocenters. The summed E-state index contributed by atoms with van der Waals surface area (Å²) in [7, 11) is 0. The zero-order chi connectivity index (χ0) is 0. The quantitative estimate of drug-likeness (QED) is 0.176. The maximum atomic E-state index is 0. The minimum Gasteiger partial charge on any atom is -1.00 e. The Labute approximate surface area is 119 Å². The molecular formula is HfI4. The van der Waals surface area contributed by atoms with Crippen molar-refractivity contribution in [3.63, 3.8) is 0 Å². The average Bonchev–Trinajstić information content (AvgIpc) is 0. The van der Waals surface area contributed by atoms with Crippen LogP contribution in [0.25, 0.3) is 0 Å². The van der Waals surface area contributed by atoms with Crippen molar-refractivity contribution in [3.8, 4) is 0 Å². The van der Waals surface area contributed by atoms with Gasteiger partial charge in [-0.25, -0.2) is 0 Å². The van der Waals surface area contributed by atoms with E-state index in [1.807, 2.05) is 0 Å². The Balaban J connectivity index is 0. The molecule has 0 fully saturated rings. The van der Waals surface area contributed by atoms with Crippen LogP contribution in [0.1, 0.15) is 0 Å². The third-order valence-corrected chi connectivity index (χ3v) is 0. The number of hydrogen-bond acceptors (Lipinski definition) is 0. The Morgan fingerprint density at radius 1 is 0.400 bits per heavy atom. The van der Waals surface area contributed by atoms with E-state index in [4.69, 9.17) is 0 Å². The second-order valence-corrected chi connectivity index (χ2v) is 0. The van der Waals surface area contributed by atoms with Crippen LogP contribution >= 0.6 is 0 Å². The summed E-state index contributed by atoms with van der Waals surface area (Å²) in [4.78, 5) is 0. The molecular weight excluding hydrogens is 686 g/mol. The van der Waals surface area contributed by atoms with Crippen molar-refractivity contribution < 1.29 is 122 Å². The van der Waals surface area contributed by atoms with Gasteiger partial charge in [0.25, 0.3) is 0 Å². The van der Waals surface area contributed by atoms with Crippen molar-refractivity contribution in [2.75, 3.05) is 0 Å². The van der Waals surface area contributed by atoms with E-state index in [0.717, 1.165) is 0 Å². The molecule has 0 amide bonds. The van der Waals surface area contributed by atoms with Gasteiger partial charge in [-0.3, -0.25) is 0 Å². The Hall–Kier alpha value is 3.79. The monoisotopic (exact) mass is 688 g/mol. The molecule has 0 radical (unpaired) electrons. The topological polar surface area (TPSA) is 0 Å².